The van der Waals surface area contributed by atoms with Gasteiger partial charge in [0.05, 0.1) is 31.3 Å². The number of phenols is 1. The molecule has 0 bridgehead atoms. The molecular weight excluding hydrogens is 402 g/mol. The summed E-state index contributed by atoms with van der Waals surface area (Å²) < 4.78 is 26.9. The third-order valence-electron chi connectivity index (χ3n) is 4.88. The largest absolute Gasteiger partial charge is 0.507 e. The number of hydrogen-bond acceptors (Lipinski definition) is 8. The maximum absolute atomic E-state index is 13.0. The molecule has 3 aromatic rings. The number of phenolic OH excluding ortho intramolecular Hbond substituents is 1. The van der Waals surface area contributed by atoms with Crippen molar-refractivity contribution in [2.75, 3.05) is 47.6 Å². The Kier molecular flexibility index (Phi) is 7.88. The average molecular weight is 429 g/mol. The van der Waals surface area contributed by atoms with Gasteiger partial charge in [-0.1, -0.05) is 0 Å². The zero-order valence-corrected chi connectivity index (χ0v) is 17.9. The second-order valence-electron chi connectivity index (χ2n) is 6.91. The Morgan fingerprint density at radius 3 is 2.19 bits per heavy atom. The van der Waals surface area contributed by atoms with Gasteiger partial charge >= 0.3 is 0 Å². The zero-order valence-electron chi connectivity index (χ0n) is 17.9. The fraction of sp³-hybridized carbons (Fsp3) is 0.348. The monoisotopic (exact) mass is 429 g/mol. The van der Waals surface area contributed by atoms with Crippen molar-refractivity contribution in [2.24, 2.45) is 0 Å². The van der Waals surface area contributed by atoms with E-state index < -0.39 is 0 Å². The maximum Gasteiger partial charge on any atom is 0.235 e. The lowest BCUT2D eigenvalue weighted by Gasteiger charge is -2.22. The lowest BCUT2D eigenvalue weighted by Crippen LogP contribution is -2.30. The van der Waals surface area contributed by atoms with Gasteiger partial charge in [0.2, 0.25) is 11.2 Å². The van der Waals surface area contributed by atoms with Gasteiger partial charge in [0.25, 0.3) is 0 Å². The van der Waals surface area contributed by atoms with E-state index in [4.69, 9.17) is 23.4 Å². The van der Waals surface area contributed by atoms with Crippen molar-refractivity contribution in [3.8, 4) is 23.0 Å². The van der Waals surface area contributed by atoms with E-state index in [1.54, 1.807) is 45.6 Å². The molecule has 31 heavy (non-hydrogen) atoms. The molecule has 0 saturated heterocycles. The number of nitrogens with zero attached hydrogens (tertiary/aromatic N) is 1. The van der Waals surface area contributed by atoms with Gasteiger partial charge in [-0.15, -0.1) is 0 Å². The Balaban J connectivity index is 1.91. The van der Waals surface area contributed by atoms with Gasteiger partial charge in [-0.25, -0.2) is 0 Å². The Morgan fingerprint density at radius 2 is 1.58 bits per heavy atom. The minimum Gasteiger partial charge on any atom is -0.507 e. The van der Waals surface area contributed by atoms with Crippen LogP contribution in [-0.2, 0) is 16.0 Å². The highest BCUT2D eigenvalue weighted by molar-refractivity contribution is 5.83. The van der Waals surface area contributed by atoms with Crippen LogP contribution < -0.4 is 14.9 Å². The first-order chi connectivity index (χ1) is 15.1. The second-order valence-corrected chi connectivity index (χ2v) is 6.91. The van der Waals surface area contributed by atoms with Gasteiger partial charge in [-0.3, -0.25) is 9.69 Å². The van der Waals surface area contributed by atoms with Crippen LogP contribution in [-0.4, -0.2) is 57.6 Å². The Morgan fingerprint density at radius 1 is 0.935 bits per heavy atom. The van der Waals surface area contributed by atoms with Crippen LogP contribution in [0.5, 0.6) is 23.0 Å². The van der Waals surface area contributed by atoms with E-state index in [0.717, 1.165) is 0 Å². The van der Waals surface area contributed by atoms with Crippen LogP contribution in [0.15, 0.2) is 51.9 Å². The van der Waals surface area contributed by atoms with Gasteiger partial charge in [0.1, 0.15) is 29.1 Å². The first-order valence-electron chi connectivity index (χ1n) is 9.85. The van der Waals surface area contributed by atoms with Gasteiger partial charge in [-0.2, -0.15) is 0 Å². The highest BCUT2D eigenvalue weighted by Crippen LogP contribution is 2.30. The first kappa shape index (κ1) is 22.6. The SMILES string of the molecule is COCCN(CCOC)Cc1c(O)ccc2c(=O)c(Oc3ccc(OC)cc3)coc12. The summed E-state index contributed by atoms with van der Waals surface area (Å²) in [5, 5.41) is 10.8. The average Bonchev–Trinajstić information content (AvgIpc) is 2.79. The fourth-order valence-corrected chi connectivity index (χ4v) is 3.16. The van der Waals surface area contributed by atoms with Gasteiger partial charge in [-0.05, 0) is 36.4 Å². The number of aromatic hydroxyl groups is 1. The molecule has 2 aromatic carbocycles. The molecule has 0 saturated carbocycles. The van der Waals surface area contributed by atoms with Crippen molar-refractivity contribution in [2.45, 2.75) is 6.54 Å². The van der Waals surface area contributed by atoms with Crippen molar-refractivity contribution in [1.82, 2.24) is 4.90 Å². The standard InChI is InChI=1S/C23H27NO7/c1-27-12-10-24(11-13-28-2)14-19-20(25)9-8-18-22(26)21(15-30-23(18)19)31-17-6-4-16(29-3)5-7-17/h4-9,15,25H,10-14H2,1-3H3. The number of benzene rings is 2. The number of hydrogen-bond donors (Lipinski definition) is 1. The predicted octanol–water partition coefficient (Wildman–Crippen LogP) is 3.39. The Labute approximate surface area is 180 Å². The summed E-state index contributed by atoms with van der Waals surface area (Å²) in [6, 6.07) is 9.92. The molecule has 0 unspecified atom stereocenters. The quantitative estimate of drug-likeness (QED) is 0.496. The minimum absolute atomic E-state index is 0.0549. The maximum atomic E-state index is 13.0. The second kappa shape index (κ2) is 10.8. The summed E-state index contributed by atoms with van der Waals surface area (Å²) in [6.45, 7) is 2.70. The minimum atomic E-state index is -0.321. The van der Waals surface area contributed by atoms with E-state index in [9.17, 15) is 9.90 Å². The molecule has 0 amide bonds. The van der Waals surface area contributed by atoms with Gasteiger partial charge < -0.3 is 28.5 Å². The molecule has 0 spiro atoms. The van der Waals surface area contributed by atoms with Crippen molar-refractivity contribution in [3.63, 3.8) is 0 Å². The van der Waals surface area contributed by atoms with E-state index in [2.05, 4.69) is 4.90 Å². The number of ether oxygens (including phenoxy) is 4. The van der Waals surface area contributed by atoms with E-state index in [1.165, 1.54) is 18.4 Å². The molecule has 1 aromatic heterocycles. The molecule has 0 aliphatic carbocycles. The molecule has 0 aliphatic rings. The molecule has 0 atom stereocenters. The summed E-state index contributed by atoms with van der Waals surface area (Å²) in [4.78, 5) is 15.1. The van der Waals surface area contributed by atoms with Crippen molar-refractivity contribution >= 4 is 11.0 Å². The molecule has 0 radical (unpaired) electrons. The highest BCUT2D eigenvalue weighted by atomic mass is 16.5. The van der Waals surface area contributed by atoms with Crippen LogP contribution in [0.25, 0.3) is 11.0 Å². The molecule has 166 valence electrons. The topological polar surface area (TPSA) is 90.6 Å². The van der Waals surface area contributed by atoms with Crippen LogP contribution in [0.2, 0.25) is 0 Å². The predicted molar refractivity (Wildman–Crippen MR) is 116 cm³/mol. The molecule has 0 aliphatic heterocycles. The van der Waals surface area contributed by atoms with Crippen molar-refractivity contribution in [3.05, 3.63) is 58.4 Å². The van der Waals surface area contributed by atoms with E-state index >= 15 is 0 Å². The summed E-state index contributed by atoms with van der Waals surface area (Å²) in [5.41, 5.74) is 0.531. The van der Waals surface area contributed by atoms with Crippen molar-refractivity contribution in [1.29, 1.82) is 0 Å². The van der Waals surface area contributed by atoms with E-state index in [1.807, 2.05) is 0 Å². The Bertz CT molecular complexity index is 1040. The fourth-order valence-electron chi connectivity index (χ4n) is 3.16. The van der Waals surface area contributed by atoms with Crippen LogP contribution in [0.4, 0.5) is 0 Å². The zero-order chi connectivity index (χ0) is 22.2. The number of methoxy groups -OCH3 is 3. The molecule has 8 nitrogen and oxygen atoms in total. The van der Waals surface area contributed by atoms with Gasteiger partial charge in [0.15, 0.2) is 0 Å². The van der Waals surface area contributed by atoms with Crippen LogP contribution in [0.3, 0.4) is 0 Å². The van der Waals surface area contributed by atoms with Crippen LogP contribution in [0, 0.1) is 0 Å². The van der Waals surface area contributed by atoms with E-state index in [-0.39, 0.29) is 16.9 Å². The van der Waals surface area contributed by atoms with E-state index in [0.29, 0.717) is 60.9 Å². The third-order valence-corrected chi connectivity index (χ3v) is 4.88. The lowest BCUT2D eigenvalue weighted by molar-refractivity contribution is 0.110. The third kappa shape index (κ3) is 5.55. The summed E-state index contributed by atoms with van der Waals surface area (Å²) in [5.74, 6) is 1.28. The molecule has 0 fully saturated rings. The molecule has 1 N–H and O–H groups in total. The number of fused-ring (bicyclic) bond motifs is 1. The van der Waals surface area contributed by atoms with Crippen LogP contribution in [0.1, 0.15) is 5.56 Å². The molecule has 1 heterocycles. The Hall–Kier alpha value is -3.07. The van der Waals surface area contributed by atoms with Crippen LogP contribution >= 0.6 is 0 Å². The van der Waals surface area contributed by atoms with Crippen molar-refractivity contribution < 1.29 is 28.5 Å². The highest BCUT2D eigenvalue weighted by Gasteiger charge is 2.18. The summed E-state index contributed by atoms with van der Waals surface area (Å²) in [6.07, 6.45) is 1.27. The molecule has 8 heteroatoms. The normalized spacial score (nSPS) is 11.2. The lowest BCUT2D eigenvalue weighted by atomic mass is 10.1. The first-order valence-corrected chi connectivity index (χ1v) is 9.85. The summed E-state index contributed by atoms with van der Waals surface area (Å²) in [7, 11) is 4.84. The molecular formula is C23H27NO7. The smallest absolute Gasteiger partial charge is 0.235 e. The summed E-state index contributed by atoms with van der Waals surface area (Å²) >= 11 is 0. The van der Waals surface area contributed by atoms with Gasteiger partial charge in [0, 0.05) is 33.9 Å². The number of rotatable bonds is 11. The molecule has 3 rings (SSSR count).